The number of rotatable bonds is 2. The Morgan fingerprint density at radius 3 is 2.60 bits per heavy atom. The summed E-state index contributed by atoms with van der Waals surface area (Å²) in [5, 5.41) is 2.94. The average Bonchev–Trinajstić information content (AvgIpc) is 2.85. The molecule has 1 aliphatic carbocycles. The molecule has 0 aromatic carbocycles. The molecule has 1 N–H and O–H groups in total. The molecule has 3 nitrogen and oxygen atoms in total. The molecule has 1 heterocycles. The number of nitrogens with one attached hydrogen (secondary N) is 1. The van der Waals surface area contributed by atoms with Crippen LogP contribution in [0.2, 0.25) is 0 Å². The fourth-order valence-electron chi connectivity index (χ4n) is 2.60. The van der Waals surface area contributed by atoms with Gasteiger partial charge < -0.3 is 10.2 Å². The van der Waals surface area contributed by atoms with Crippen LogP contribution in [0.25, 0.3) is 0 Å². The first kappa shape index (κ1) is 10.9. The third-order valence-corrected chi connectivity index (χ3v) is 3.60. The summed E-state index contributed by atoms with van der Waals surface area (Å²) in [6.07, 6.45) is 4.13. The van der Waals surface area contributed by atoms with Gasteiger partial charge in [0.05, 0.1) is 6.04 Å². The van der Waals surface area contributed by atoms with Crippen LogP contribution in [0.15, 0.2) is 0 Å². The molecule has 86 valence electrons. The van der Waals surface area contributed by atoms with Gasteiger partial charge in [-0.25, -0.2) is 4.39 Å². The van der Waals surface area contributed by atoms with Crippen LogP contribution in [0.1, 0.15) is 32.1 Å². The minimum Gasteiger partial charge on any atom is -0.341 e. The predicted molar refractivity (Wildman–Crippen MR) is 56.3 cm³/mol. The Morgan fingerprint density at radius 1 is 1.40 bits per heavy atom. The molecule has 2 atom stereocenters. The summed E-state index contributed by atoms with van der Waals surface area (Å²) in [5.41, 5.74) is 0. The van der Waals surface area contributed by atoms with E-state index in [1.54, 1.807) is 0 Å². The monoisotopic (exact) mass is 214 g/mol. The van der Waals surface area contributed by atoms with Gasteiger partial charge in [0.2, 0.25) is 5.91 Å². The summed E-state index contributed by atoms with van der Waals surface area (Å²) in [5.74, 6) is 0.0713. The highest BCUT2D eigenvalue weighted by molar-refractivity contribution is 5.82. The van der Waals surface area contributed by atoms with Gasteiger partial charge >= 0.3 is 0 Å². The number of nitrogens with zero attached hydrogens (tertiary/aromatic N) is 1. The van der Waals surface area contributed by atoms with Crippen molar-refractivity contribution in [3.8, 4) is 0 Å². The van der Waals surface area contributed by atoms with E-state index in [-0.39, 0.29) is 11.9 Å². The zero-order chi connectivity index (χ0) is 10.8. The topological polar surface area (TPSA) is 32.3 Å². The van der Waals surface area contributed by atoms with Gasteiger partial charge in [-0.3, -0.25) is 4.79 Å². The molecule has 2 aliphatic rings. The molecule has 15 heavy (non-hydrogen) atoms. The number of hydrogen-bond donors (Lipinski definition) is 1. The van der Waals surface area contributed by atoms with Gasteiger partial charge in [-0.05, 0) is 12.8 Å². The van der Waals surface area contributed by atoms with Crippen LogP contribution in [-0.4, -0.2) is 42.7 Å². The standard InChI is InChI=1S/C11H19FN2O/c1-14(9-4-2-3-5-9)11(15)10-6-8(12)7-13-10/h8-10,13H,2-7H2,1H3/t8-,10+/m0/s1. The Labute approximate surface area is 90.0 Å². The van der Waals surface area contributed by atoms with E-state index in [2.05, 4.69) is 5.32 Å². The van der Waals surface area contributed by atoms with E-state index in [1.807, 2.05) is 11.9 Å². The lowest BCUT2D eigenvalue weighted by molar-refractivity contribution is -0.133. The van der Waals surface area contributed by atoms with Gasteiger partial charge in [0.25, 0.3) is 0 Å². The van der Waals surface area contributed by atoms with Crippen molar-refractivity contribution in [1.82, 2.24) is 10.2 Å². The molecule has 0 bridgehead atoms. The molecule has 0 radical (unpaired) electrons. The van der Waals surface area contributed by atoms with E-state index in [4.69, 9.17) is 0 Å². The highest BCUT2D eigenvalue weighted by Gasteiger charge is 2.33. The fraction of sp³-hybridized carbons (Fsp3) is 0.909. The molecular formula is C11H19FN2O. The Morgan fingerprint density at radius 2 is 2.07 bits per heavy atom. The Hall–Kier alpha value is -0.640. The van der Waals surface area contributed by atoms with E-state index in [0.29, 0.717) is 19.0 Å². The molecule has 1 aliphatic heterocycles. The number of carbonyl (C=O) groups is 1. The van der Waals surface area contributed by atoms with Crippen molar-refractivity contribution < 1.29 is 9.18 Å². The van der Waals surface area contributed by atoms with Gasteiger partial charge in [-0.1, -0.05) is 12.8 Å². The average molecular weight is 214 g/mol. The maximum atomic E-state index is 12.9. The van der Waals surface area contributed by atoms with Gasteiger partial charge in [-0.15, -0.1) is 0 Å². The summed E-state index contributed by atoms with van der Waals surface area (Å²) >= 11 is 0. The minimum absolute atomic E-state index is 0.0713. The number of likely N-dealkylation sites (N-methyl/N-ethyl adjacent to an activating group) is 1. The first-order valence-corrected chi connectivity index (χ1v) is 5.82. The van der Waals surface area contributed by atoms with E-state index in [9.17, 15) is 9.18 Å². The van der Waals surface area contributed by atoms with Gasteiger partial charge in [-0.2, -0.15) is 0 Å². The molecule has 0 unspecified atom stereocenters. The summed E-state index contributed by atoms with van der Waals surface area (Å²) in [7, 11) is 1.85. The highest BCUT2D eigenvalue weighted by atomic mass is 19.1. The third-order valence-electron chi connectivity index (χ3n) is 3.60. The third kappa shape index (κ3) is 2.30. The quantitative estimate of drug-likeness (QED) is 0.746. The second-order valence-electron chi connectivity index (χ2n) is 4.68. The second-order valence-corrected chi connectivity index (χ2v) is 4.68. The van der Waals surface area contributed by atoms with E-state index in [1.165, 1.54) is 12.8 Å². The van der Waals surface area contributed by atoms with Crippen LogP contribution in [0.4, 0.5) is 4.39 Å². The molecule has 0 aromatic rings. The lowest BCUT2D eigenvalue weighted by Gasteiger charge is -2.27. The van der Waals surface area contributed by atoms with Gasteiger partial charge in [0.1, 0.15) is 6.17 Å². The molecule has 1 amide bonds. The zero-order valence-electron chi connectivity index (χ0n) is 9.21. The number of amides is 1. The van der Waals surface area contributed by atoms with E-state index in [0.717, 1.165) is 12.8 Å². The number of hydrogen-bond acceptors (Lipinski definition) is 2. The van der Waals surface area contributed by atoms with Crippen molar-refractivity contribution in [3.63, 3.8) is 0 Å². The Balaban J connectivity index is 1.89. The lowest BCUT2D eigenvalue weighted by atomic mass is 10.1. The van der Waals surface area contributed by atoms with Crippen molar-refractivity contribution in [2.75, 3.05) is 13.6 Å². The summed E-state index contributed by atoms with van der Waals surface area (Å²) in [4.78, 5) is 13.8. The van der Waals surface area contributed by atoms with Gasteiger partial charge in [0.15, 0.2) is 0 Å². The van der Waals surface area contributed by atoms with Crippen LogP contribution in [-0.2, 0) is 4.79 Å². The molecule has 4 heteroatoms. The summed E-state index contributed by atoms with van der Waals surface area (Å²) in [6.45, 7) is 0.328. The first-order valence-electron chi connectivity index (χ1n) is 5.82. The van der Waals surface area contributed by atoms with Crippen LogP contribution in [0, 0.1) is 0 Å². The van der Waals surface area contributed by atoms with Gasteiger partial charge in [0, 0.05) is 26.1 Å². The maximum Gasteiger partial charge on any atom is 0.239 e. The largest absolute Gasteiger partial charge is 0.341 e. The molecule has 1 saturated carbocycles. The normalized spacial score (nSPS) is 32.1. The van der Waals surface area contributed by atoms with Crippen molar-refractivity contribution >= 4 is 5.91 Å². The van der Waals surface area contributed by atoms with E-state index >= 15 is 0 Å². The predicted octanol–water partition coefficient (Wildman–Crippen LogP) is 1.09. The highest BCUT2D eigenvalue weighted by Crippen LogP contribution is 2.24. The molecular weight excluding hydrogens is 195 g/mol. The maximum absolute atomic E-state index is 12.9. The van der Waals surface area contributed by atoms with E-state index < -0.39 is 6.17 Å². The zero-order valence-corrected chi connectivity index (χ0v) is 9.21. The number of carbonyl (C=O) groups excluding carboxylic acids is 1. The Bertz CT molecular complexity index is 241. The molecule has 1 saturated heterocycles. The SMILES string of the molecule is CN(C(=O)[C@H]1C[C@H](F)CN1)C1CCCC1. The van der Waals surface area contributed by atoms with Crippen LogP contribution >= 0.6 is 0 Å². The van der Waals surface area contributed by atoms with Crippen molar-refractivity contribution in [2.45, 2.75) is 50.4 Å². The lowest BCUT2D eigenvalue weighted by Crippen LogP contribution is -2.45. The summed E-state index contributed by atoms with van der Waals surface area (Å²) in [6, 6.07) is 0.101. The first-order chi connectivity index (χ1) is 7.18. The number of halogens is 1. The number of alkyl halides is 1. The molecule has 0 aromatic heterocycles. The Kier molecular flexibility index (Phi) is 3.24. The molecule has 0 spiro atoms. The van der Waals surface area contributed by atoms with Crippen LogP contribution < -0.4 is 5.32 Å². The molecule has 2 rings (SSSR count). The smallest absolute Gasteiger partial charge is 0.239 e. The molecule has 2 fully saturated rings. The summed E-state index contributed by atoms with van der Waals surface area (Å²) < 4.78 is 12.9. The van der Waals surface area contributed by atoms with Crippen molar-refractivity contribution in [2.24, 2.45) is 0 Å². The van der Waals surface area contributed by atoms with Crippen LogP contribution in [0.5, 0.6) is 0 Å². The fourth-order valence-corrected chi connectivity index (χ4v) is 2.60. The second kappa shape index (κ2) is 4.47. The van der Waals surface area contributed by atoms with Crippen LogP contribution in [0.3, 0.4) is 0 Å². The minimum atomic E-state index is -0.851. The van der Waals surface area contributed by atoms with Crippen molar-refractivity contribution in [1.29, 1.82) is 0 Å². The van der Waals surface area contributed by atoms with Crippen molar-refractivity contribution in [3.05, 3.63) is 0 Å².